The summed E-state index contributed by atoms with van der Waals surface area (Å²) < 4.78 is 12.9. The Labute approximate surface area is 341 Å². The molecule has 0 saturated carbocycles. The molecule has 1 fully saturated rings. The highest BCUT2D eigenvalue weighted by atomic mass is 32.1. The van der Waals surface area contributed by atoms with Gasteiger partial charge in [-0.15, -0.1) is 11.3 Å². The van der Waals surface area contributed by atoms with E-state index in [-0.39, 0.29) is 57.8 Å². The minimum atomic E-state index is -0.996. The molecule has 6 rings (SSSR count). The van der Waals surface area contributed by atoms with Crippen molar-refractivity contribution in [3.63, 3.8) is 0 Å². The fourth-order valence-corrected chi connectivity index (χ4v) is 7.54. The second-order valence-electron chi connectivity index (χ2n) is 15.2. The summed E-state index contributed by atoms with van der Waals surface area (Å²) in [6.45, 7) is 7.11. The van der Waals surface area contributed by atoms with Crippen LogP contribution in [0.2, 0.25) is 0 Å². The number of benzene rings is 2. The quantitative estimate of drug-likeness (QED) is 0.0902. The normalized spacial score (nSPS) is 15.9. The van der Waals surface area contributed by atoms with Gasteiger partial charge in [0.1, 0.15) is 30.9 Å². The van der Waals surface area contributed by atoms with Gasteiger partial charge in [-0.1, -0.05) is 57.2 Å². The van der Waals surface area contributed by atoms with Gasteiger partial charge in [-0.25, -0.2) is 9.97 Å². The van der Waals surface area contributed by atoms with Crippen LogP contribution in [0.3, 0.4) is 0 Å². The molecule has 5 N–H and O–H groups in total. The van der Waals surface area contributed by atoms with Crippen molar-refractivity contribution in [2.24, 2.45) is 5.41 Å². The van der Waals surface area contributed by atoms with Gasteiger partial charge in [0.15, 0.2) is 0 Å². The van der Waals surface area contributed by atoms with Crippen LogP contribution in [0.15, 0.2) is 78.6 Å². The van der Waals surface area contributed by atoms with Crippen molar-refractivity contribution in [2.45, 2.75) is 58.8 Å². The van der Waals surface area contributed by atoms with Crippen molar-refractivity contribution >= 4 is 52.0 Å². The standard InChI is InChI=1S/C42H50N8O7S/c1-26-38(58-25-46-26)28-11-9-27(10-12-28)19-45-40(54)33-18-32(51)22-50(33)41(55)39(42(2,3)4)48-37(53)24-57-16-15-56-23-36(52)47-30-8-6-7-29(17-30)34-20-44-35-14-13-31(43-5)21-49(34)35/h6-14,17,20-21,25,32-33,39,43,51H,15-16,18-19,22-24H2,1-5H3,(H,45,54)(H,47,52)(H,48,53)/t32-,33+,39-/m1/s1. The molecule has 5 aromatic rings. The van der Waals surface area contributed by atoms with E-state index in [1.807, 2.05) is 99.9 Å². The molecule has 16 heteroatoms. The van der Waals surface area contributed by atoms with Gasteiger partial charge in [-0.05, 0) is 47.7 Å². The summed E-state index contributed by atoms with van der Waals surface area (Å²) in [5.74, 6) is -1.74. The third-order valence-corrected chi connectivity index (χ3v) is 10.8. The molecule has 0 spiro atoms. The van der Waals surface area contributed by atoms with E-state index in [0.29, 0.717) is 5.69 Å². The first-order valence-electron chi connectivity index (χ1n) is 19.1. The van der Waals surface area contributed by atoms with Crippen molar-refractivity contribution in [3.8, 4) is 21.7 Å². The number of carbonyl (C=O) groups excluding carboxylic acids is 4. The van der Waals surface area contributed by atoms with Crippen LogP contribution in [0, 0.1) is 12.3 Å². The summed E-state index contributed by atoms with van der Waals surface area (Å²) in [4.78, 5) is 64.1. The summed E-state index contributed by atoms with van der Waals surface area (Å²) in [7, 11) is 1.85. The van der Waals surface area contributed by atoms with Gasteiger partial charge in [0, 0.05) is 44.0 Å². The van der Waals surface area contributed by atoms with Crippen molar-refractivity contribution in [1.29, 1.82) is 0 Å². The number of imidazole rings is 1. The highest BCUT2D eigenvalue weighted by molar-refractivity contribution is 7.13. The second kappa shape index (κ2) is 18.7. The van der Waals surface area contributed by atoms with Crippen LogP contribution in [0.5, 0.6) is 0 Å². The number of hydrogen-bond acceptors (Lipinski definition) is 11. The van der Waals surface area contributed by atoms with E-state index in [2.05, 4.69) is 31.2 Å². The van der Waals surface area contributed by atoms with E-state index < -0.39 is 35.4 Å². The number of nitrogens with zero attached hydrogens (tertiary/aromatic N) is 4. The number of thiazole rings is 1. The molecule has 306 valence electrons. The molecule has 3 aromatic heterocycles. The fraction of sp³-hybridized carbons (Fsp3) is 0.381. The Hall–Kier alpha value is -5.68. The number of aryl methyl sites for hydroxylation is 1. The molecule has 15 nitrogen and oxygen atoms in total. The Kier molecular flexibility index (Phi) is 13.5. The number of aliphatic hydroxyl groups is 1. The topological polar surface area (TPSA) is 189 Å². The Morgan fingerprint density at radius 2 is 1.69 bits per heavy atom. The van der Waals surface area contributed by atoms with Crippen LogP contribution in [0.1, 0.15) is 38.4 Å². The van der Waals surface area contributed by atoms with E-state index in [4.69, 9.17) is 9.47 Å². The third-order valence-electron chi connectivity index (χ3n) is 9.79. The predicted octanol–water partition coefficient (Wildman–Crippen LogP) is 4.26. The molecule has 1 aliphatic heterocycles. The number of pyridine rings is 1. The lowest BCUT2D eigenvalue weighted by atomic mass is 9.85. The predicted molar refractivity (Wildman–Crippen MR) is 222 cm³/mol. The first-order chi connectivity index (χ1) is 27.8. The third kappa shape index (κ3) is 10.4. The zero-order chi connectivity index (χ0) is 41.4. The molecule has 2 aromatic carbocycles. The van der Waals surface area contributed by atoms with Gasteiger partial charge >= 0.3 is 0 Å². The number of nitrogens with one attached hydrogen (secondary N) is 4. The van der Waals surface area contributed by atoms with Crippen molar-refractivity contribution in [2.75, 3.05) is 50.7 Å². The van der Waals surface area contributed by atoms with Gasteiger partial charge < -0.3 is 40.7 Å². The average molecular weight is 811 g/mol. The van der Waals surface area contributed by atoms with Gasteiger partial charge in [0.25, 0.3) is 0 Å². The number of ether oxygens (including phenoxy) is 2. The van der Waals surface area contributed by atoms with Gasteiger partial charge in [-0.3, -0.25) is 23.6 Å². The molecule has 1 saturated heterocycles. The zero-order valence-corrected chi connectivity index (χ0v) is 34.1. The number of amides is 4. The smallest absolute Gasteiger partial charge is 0.250 e. The maximum atomic E-state index is 13.9. The van der Waals surface area contributed by atoms with E-state index >= 15 is 0 Å². The molecule has 58 heavy (non-hydrogen) atoms. The Balaban J connectivity index is 0.934. The van der Waals surface area contributed by atoms with Crippen LogP contribution >= 0.6 is 11.3 Å². The molecule has 0 aliphatic carbocycles. The van der Waals surface area contributed by atoms with Gasteiger partial charge in [0.05, 0.1) is 53.0 Å². The van der Waals surface area contributed by atoms with Crippen LogP contribution in [0.4, 0.5) is 11.4 Å². The zero-order valence-electron chi connectivity index (χ0n) is 33.3. The van der Waals surface area contributed by atoms with Crippen LogP contribution in [0.25, 0.3) is 27.3 Å². The lowest BCUT2D eigenvalue weighted by molar-refractivity contribution is -0.144. The lowest BCUT2D eigenvalue weighted by Crippen LogP contribution is -2.58. The fourth-order valence-electron chi connectivity index (χ4n) is 6.73. The summed E-state index contributed by atoms with van der Waals surface area (Å²) >= 11 is 1.57. The first kappa shape index (κ1) is 41.9. The van der Waals surface area contributed by atoms with Gasteiger partial charge in [0.2, 0.25) is 23.6 Å². The highest BCUT2D eigenvalue weighted by Crippen LogP contribution is 2.29. The lowest BCUT2D eigenvalue weighted by Gasteiger charge is -2.35. The minimum absolute atomic E-state index is 0.0291. The van der Waals surface area contributed by atoms with E-state index in [0.717, 1.165) is 44.3 Å². The molecule has 1 aliphatic rings. The molecule has 0 bridgehead atoms. The summed E-state index contributed by atoms with van der Waals surface area (Å²) in [5, 5.41) is 22.2. The average Bonchev–Trinajstić information content (AvgIpc) is 3.94. The van der Waals surface area contributed by atoms with Crippen molar-refractivity contribution in [1.82, 2.24) is 29.9 Å². The molecule has 0 unspecified atom stereocenters. The number of fused-ring (bicyclic) bond motifs is 1. The molecule has 4 amide bonds. The monoisotopic (exact) mass is 810 g/mol. The SMILES string of the molecule is CNc1ccc2ncc(-c3cccc(NC(=O)COCCOCC(=O)N[C@H](C(=O)N4C[C@H](O)C[C@H]4C(=O)NCc4ccc(-c5scnc5C)cc4)C(C)(C)C)c3)n2c1. The number of likely N-dealkylation sites (tertiary alicyclic amines) is 1. The molecule has 3 atom stereocenters. The highest BCUT2D eigenvalue weighted by Gasteiger charge is 2.44. The van der Waals surface area contributed by atoms with E-state index in [1.54, 1.807) is 29.1 Å². The largest absolute Gasteiger partial charge is 0.391 e. The first-order valence-corrected chi connectivity index (χ1v) is 19.9. The van der Waals surface area contributed by atoms with Crippen LogP contribution < -0.4 is 21.3 Å². The Morgan fingerprint density at radius 3 is 2.38 bits per heavy atom. The van der Waals surface area contributed by atoms with Gasteiger partial charge in [-0.2, -0.15) is 0 Å². The van der Waals surface area contributed by atoms with Crippen molar-refractivity contribution in [3.05, 3.63) is 89.8 Å². The maximum Gasteiger partial charge on any atom is 0.250 e. The molecule has 4 heterocycles. The van der Waals surface area contributed by atoms with Crippen LogP contribution in [-0.2, 0) is 35.2 Å². The Morgan fingerprint density at radius 1 is 0.948 bits per heavy atom. The summed E-state index contributed by atoms with van der Waals surface area (Å²) in [6, 6.07) is 17.2. The molecule has 0 radical (unpaired) electrons. The summed E-state index contributed by atoms with van der Waals surface area (Å²) in [5.41, 5.74) is 8.06. The Bertz CT molecular complexity index is 2230. The van der Waals surface area contributed by atoms with Crippen molar-refractivity contribution < 1.29 is 33.8 Å². The molecular weight excluding hydrogens is 761 g/mol. The number of rotatable bonds is 16. The van der Waals surface area contributed by atoms with E-state index in [1.165, 1.54) is 4.90 Å². The number of aromatic nitrogens is 3. The molecular formula is C42H50N8O7S. The van der Waals surface area contributed by atoms with E-state index in [9.17, 15) is 24.3 Å². The number of aliphatic hydroxyl groups excluding tert-OH is 1. The van der Waals surface area contributed by atoms with Crippen LogP contribution in [-0.4, -0.2) is 106 Å². The number of anilines is 2. The second-order valence-corrected chi connectivity index (χ2v) is 16.1. The number of hydrogen-bond donors (Lipinski definition) is 5. The number of β-amino-alcohol motifs (C(OH)–C–C–N with tert-alkyl or cyclic N) is 1. The minimum Gasteiger partial charge on any atom is -0.391 e. The summed E-state index contributed by atoms with van der Waals surface area (Å²) in [6.07, 6.45) is 2.94. The number of carbonyl (C=O) groups is 4. The maximum absolute atomic E-state index is 13.9.